The number of nitrogens with zero attached hydrogens (tertiary/aromatic N) is 4. The topological polar surface area (TPSA) is 63.1 Å². The molecule has 0 saturated carbocycles. The van der Waals surface area contributed by atoms with Gasteiger partial charge < -0.3 is 14.8 Å². The lowest BCUT2D eigenvalue weighted by molar-refractivity contribution is 0.196. The van der Waals surface area contributed by atoms with Gasteiger partial charge in [-0.25, -0.2) is 4.79 Å². The highest BCUT2D eigenvalue weighted by Gasteiger charge is 2.19. The number of carbonyl (C=O) groups is 1. The van der Waals surface area contributed by atoms with Crippen molar-refractivity contribution < 1.29 is 4.79 Å². The number of carbonyl (C=O) groups excluding carboxylic acids is 1. The smallest absolute Gasteiger partial charge is 0.317 e. The van der Waals surface area contributed by atoms with Crippen LogP contribution in [0, 0.1) is 0 Å². The van der Waals surface area contributed by atoms with Gasteiger partial charge in [-0.2, -0.15) is 0 Å². The molecule has 1 aromatic heterocycles. The molecule has 0 radical (unpaired) electrons. The lowest BCUT2D eigenvalue weighted by atomic mass is 10.2. The van der Waals surface area contributed by atoms with Gasteiger partial charge >= 0.3 is 6.03 Å². The average Bonchev–Trinajstić information content (AvgIpc) is 2.63. The van der Waals surface area contributed by atoms with Crippen molar-refractivity contribution in [2.45, 2.75) is 38.6 Å². The lowest BCUT2D eigenvalue weighted by Crippen LogP contribution is -2.42. The minimum atomic E-state index is -0.117. The number of urea groups is 1. The van der Waals surface area contributed by atoms with E-state index < -0.39 is 0 Å². The molecule has 6 heteroatoms. The number of amides is 2. The quantitative estimate of drug-likeness (QED) is 0.865. The summed E-state index contributed by atoms with van der Waals surface area (Å²) in [7, 11) is 1.88. The summed E-state index contributed by atoms with van der Waals surface area (Å²) in [6, 6.07) is -0.111. The molecule has 0 aromatic carbocycles. The summed E-state index contributed by atoms with van der Waals surface area (Å²) in [4.78, 5) is 14.0. The fraction of sp³-hybridized carbons (Fsp3) is 0.750. The maximum absolute atomic E-state index is 12.1. The van der Waals surface area contributed by atoms with Crippen LogP contribution in [-0.4, -0.2) is 38.8 Å². The van der Waals surface area contributed by atoms with E-state index in [9.17, 15) is 4.79 Å². The molecule has 0 spiro atoms. The van der Waals surface area contributed by atoms with Gasteiger partial charge in [-0.15, -0.1) is 10.2 Å². The van der Waals surface area contributed by atoms with Crippen molar-refractivity contribution in [1.82, 2.24) is 25.0 Å². The Labute approximate surface area is 107 Å². The largest absolute Gasteiger partial charge is 0.328 e. The van der Waals surface area contributed by atoms with Gasteiger partial charge in [-0.1, -0.05) is 12.8 Å². The Kier molecular flexibility index (Phi) is 4.17. The minimum Gasteiger partial charge on any atom is -0.328 e. The van der Waals surface area contributed by atoms with Gasteiger partial charge in [0.25, 0.3) is 0 Å². The number of rotatable bonds is 2. The fourth-order valence-corrected chi connectivity index (χ4v) is 2.30. The van der Waals surface area contributed by atoms with Crippen molar-refractivity contribution in [2.75, 3.05) is 13.1 Å². The molecule has 2 rings (SSSR count). The van der Waals surface area contributed by atoms with Crippen LogP contribution in [0.2, 0.25) is 0 Å². The molecule has 6 nitrogen and oxygen atoms in total. The third kappa shape index (κ3) is 3.00. The molecule has 100 valence electrons. The van der Waals surface area contributed by atoms with Crippen molar-refractivity contribution in [2.24, 2.45) is 7.05 Å². The Bertz CT molecular complexity index is 395. The van der Waals surface area contributed by atoms with E-state index in [4.69, 9.17) is 0 Å². The highest BCUT2D eigenvalue weighted by Crippen LogP contribution is 2.12. The maximum atomic E-state index is 12.1. The third-order valence-corrected chi connectivity index (χ3v) is 3.37. The van der Waals surface area contributed by atoms with Crippen molar-refractivity contribution in [1.29, 1.82) is 0 Å². The monoisotopic (exact) mass is 251 g/mol. The molecular formula is C12H21N5O. The minimum absolute atomic E-state index is 0.00685. The average molecular weight is 251 g/mol. The van der Waals surface area contributed by atoms with E-state index in [-0.39, 0.29) is 12.1 Å². The van der Waals surface area contributed by atoms with Gasteiger partial charge in [0.1, 0.15) is 6.33 Å². The van der Waals surface area contributed by atoms with E-state index >= 15 is 0 Å². The highest BCUT2D eigenvalue weighted by molar-refractivity contribution is 5.74. The first-order chi connectivity index (χ1) is 8.68. The Balaban J connectivity index is 1.92. The van der Waals surface area contributed by atoms with E-state index in [1.165, 1.54) is 12.8 Å². The zero-order chi connectivity index (χ0) is 13.0. The van der Waals surface area contributed by atoms with Gasteiger partial charge in [0, 0.05) is 20.1 Å². The van der Waals surface area contributed by atoms with Crippen molar-refractivity contribution in [3.05, 3.63) is 12.2 Å². The van der Waals surface area contributed by atoms with Gasteiger partial charge in [0.05, 0.1) is 6.04 Å². The number of nitrogens with one attached hydrogen (secondary N) is 1. The molecule has 0 unspecified atom stereocenters. The van der Waals surface area contributed by atoms with E-state index in [0.29, 0.717) is 0 Å². The molecular weight excluding hydrogens is 230 g/mol. The Morgan fingerprint density at radius 3 is 2.56 bits per heavy atom. The van der Waals surface area contributed by atoms with Crippen LogP contribution < -0.4 is 5.32 Å². The fourth-order valence-electron chi connectivity index (χ4n) is 2.30. The molecule has 0 aliphatic carbocycles. The van der Waals surface area contributed by atoms with Gasteiger partial charge in [0.15, 0.2) is 5.82 Å². The van der Waals surface area contributed by atoms with Gasteiger partial charge in [-0.05, 0) is 19.8 Å². The number of likely N-dealkylation sites (tertiary alicyclic amines) is 1. The van der Waals surface area contributed by atoms with Crippen LogP contribution in [0.25, 0.3) is 0 Å². The first-order valence-corrected chi connectivity index (χ1v) is 6.58. The summed E-state index contributed by atoms with van der Waals surface area (Å²) in [5.74, 6) is 0.776. The number of hydrogen-bond acceptors (Lipinski definition) is 3. The lowest BCUT2D eigenvalue weighted by Gasteiger charge is -2.23. The van der Waals surface area contributed by atoms with Crippen molar-refractivity contribution in [3.8, 4) is 0 Å². The highest BCUT2D eigenvalue weighted by atomic mass is 16.2. The SMILES string of the molecule is C[C@H](NC(=O)N1CCCCCC1)c1nncn1C. The summed E-state index contributed by atoms with van der Waals surface area (Å²) in [6.45, 7) is 3.65. The van der Waals surface area contributed by atoms with E-state index in [0.717, 1.165) is 31.8 Å². The van der Waals surface area contributed by atoms with Crippen LogP contribution in [0.4, 0.5) is 4.79 Å². The number of aryl methyl sites for hydroxylation is 1. The Morgan fingerprint density at radius 1 is 1.33 bits per heavy atom. The van der Waals surface area contributed by atoms with E-state index in [1.54, 1.807) is 6.33 Å². The first kappa shape index (κ1) is 12.9. The summed E-state index contributed by atoms with van der Waals surface area (Å²) >= 11 is 0. The number of aromatic nitrogens is 3. The van der Waals surface area contributed by atoms with Crippen molar-refractivity contribution >= 4 is 6.03 Å². The van der Waals surface area contributed by atoms with E-state index in [2.05, 4.69) is 15.5 Å². The zero-order valence-corrected chi connectivity index (χ0v) is 11.1. The van der Waals surface area contributed by atoms with Crippen LogP contribution >= 0.6 is 0 Å². The molecule has 1 N–H and O–H groups in total. The second-order valence-electron chi connectivity index (χ2n) is 4.87. The Morgan fingerprint density at radius 2 is 2.00 bits per heavy atom. The molecule has 1 saturated heterocycles. The molecule has 18 heavy (non-hydrogen) atoms. The molecule has 1 aliphatic rings. The third-order valence-electron chi connectivity index (χ3n) is 3.37. The standard InChI is InChI=1S/C12H21N5O/c1-10(11-15-13-9-16(11)2)14-12(18)17-7-5-3-4-6-8-17/h9-10H,3-8H2,1-2H3,(H,14,18)/t10-/m0/s1. The molecule has 1 aromatic rings. The predicted molar refractivity (Wildman–Crippen MR) is 68.0 cm³/mol. The van der Waals surface area contributed by atoms with Crippen LogP contribution in [0.15, 0.2) is 6.33 Å². The first-order valence-electron chi connectivity index (χ1n) is 6.58. The Hall–Kier alpha value is -1.59. The van der Waals surface area contributed by atoms with Crippen LogP contribution in [-0.2, 0) is 7.05 Å². The normalized spacial score (nSPS) is 18.2. The van der Waals surface area contributed by atoms with Crippen LogP contribution in [0.3, 0.4) is 0 Å². The van der Waals surface area contributed by atoms with Gasteiger partial charge in [0.2, 0.25) is 0 Å². The van der Waals surface area contributed by atoms with Crippen LogP contribution in [0.1, 0.15) is 44.5 Å². The molecule has 0 bridgehead atoms. The molecule has 1 aliphatic heterocycles. The number of hydrogen-bond donors (Lipinski definition) is 1. The second-order valence-corrected chi connectivity index (χ2v) is 4.87. The van der Waals surface area contributed by atoms with Crippen LogP contribution in [0.5, 0.6) is 0 Å². The molecule has 1 atom stereocenters. The predicted octanol–water partition coefficient (Wildman–Crippen LogP) is 1.46. The molecule has 1 fully saturated rings. The zero-order valence-electron chi connectivity index (χ0n) is 11.1. The van der Waals surface area contributed by atoms with E-state index in [1.807, 2.05) is 23.4 Å². The molecule has 2 amide bonds. The molecule has 2 heterocycles. The van der Waals surface area contributed by atoms with Gasteiger partial charge in [-0.3, -0.25) is 0 Å². The summed E-state index contributed by atoms with van der Waals surface area (Å²) in [6.07, 6.45) is 6.30. The maximum Gasteiger partial charge on any atom is 0.317 e. The summed E-state index contributed by atoms with van der Waals surface area (Å²) in [5, 5.41) is 10.8. The summed E-state index contributed by atoms with van der Waals surface area (Å²) < 4.78 is 1.83. The summed E-state index contributed by atoms with van der Waals surface area (Å²) in [5.41, 5.74) is 0. The second kappa shape index (κ2) is 5.84. The van der Waals surface area contributed by atoms with Crippen molar-refractivity contribution in [3.63, 3.8) is 0 Å².